The van der Waals surface area contributed by atoms with Gasteiger partial charge in [-0.2, -0.15) is 0 Å². The van der Waals surface area contributed by atoms with Gasteiger partial charge in [-0.1, -0.05) is 13.8 Å². The van der Waals surface area contributed by atoms with Crippen LogP contribution in [0.25, 0.3) is 0 Å². The highest BCUT2D eigenvalue weighted by molar-refractivity contribution is 5.24. The van der Waals surface area contributed by atoms with Gasteiger partial charge in [0.25, 0.3) is 0 Å². The van der Waals surface area contributed by atoms with Crippen LogP contribution in [0.4, 0.5) is 8.78 Å². The summed E-state index contributed by atoms with van der Waals surface area (Å²) in [6.45, 7) is 4.17. The molecule has 5 heteroatoms. The number of benzene rings is 1. The van der Waals surface area contributed by atoms with E-state index < -0.39 is 11.6 Å². The lowest BCUT2D eigenvalue weighted by Crippen LogP contribution is -2.39. The van der Waals surface area contributed by atoms with E-state index in [1.165, 1.54) is 6.07 Å². The lowest BCUT2D eigenvalue weighted by Gasteiger charge is -2.23. The maximum Gasteiger partial charge on any atom is 0.128 e. The Morgan fingerprint density at radius 2 is 2.00 bits per heavy atom. The Morgan fingerprint density at radius 3 is 2.67 bits per heavy atom. The lowest BCUT2D eigenvalue weighted by atomic mass is 9.86. The maximum absolute atomic E-state index is 13.8. The van der Waals surface area contributed by atoms with Crippen molar-refractivity contribution in [2.45, 2.75) is 32.5 Å². The van der Waals surface area contributed by atoms with Crippen molar-refractivity contribution in [3.8, 4) is 0 Å². The highest BCUT2D eigenvalue weighted by atomic mass is 19.1. The maximum atomic E-state index is 13.8. The van der Waals surface area contributed by atoms with Crippen LogP contribution >= 0.6 is 0 Å². The Hall–Kier alpha value is -1.04. The Labute approximate surface area is 106 Å². The van der Waals surface area contributed by atoms with Gasteiger partial charge in [0.15, 0.2) is 0 Å². The smallest absolute Gasteiger partial charge is 0.128 e. The third kappa shape index (κ3) is 2.68. The summed E-state index contributed by atoms with van der Waals surface area (Å²) < 4.78 is 27.0. The molecule has 1 aliphatic heterocycles. The van der Waals surface area contributed by atoms with Crippen molar-refractivity contribution < 1.29 is 8.78 Å². The van der Waals surface area contributed by atoms with Crippen LogP contribution in [-0.2, 0) is 0 Å². The predicted octanol–water partition coefficient (Wildman–Crippen LogP) is 2.06. The zero-order valence-corrected chi connectivity index (χ0v) is 10.6. The fourth-order valence-electron chi connectivity index (χ4n) is 2.50. The first-order chi connectivity index (χ1) is 8.49. The van der Waals surface area contributed by atoms with E-state index in [4.69, 9.17) is 5.73 Å². The number of hydrogen-bond donors (Lipinski definition) is 3. The average Bonchev–Trinajstić information content (AvgIpc) is 2.64. The molecule has 4 N–H and O–H groups in total. The minimum Gasteiger partial charge on any atom is -0.315 e. The molecule has 0 bridgehead atoms. The van der Waals surface area contributed by atoms with Crippen molar-refractivity contribution in [2.24, 2.45) is 17.6 Å². The van der Waals surface area contributed by atoms with Gasteiger partial charge in [0.05, 0.1) is 12.2 Å². The highest BCUT2D eigenvalue weighted by Gasteiger charge is 2.36. The summed E-state index contributed by atoms with van der Waals surface area (Å²) in [5.41, 5.74) is 12.2. The van der Waals surface area contributed by atoms with E-state index in [0.29, 0.717) is 11.5 Å². The van der Waals surface area contributed by atoms with Gasteiger partial charge in [-0.25, -0.2) is 19.6 Å². The molecule has 1 aromatic carbocycles. The minimum atomic E-state index is -0.433. The van der Waals surface area contributed by atoms with Crippen molar-refractivity contribution in [1.29, 1.82) is 0 Å². The number of rotatable bonds is 3. The summed E-state index contributed by atoms with van der Waals surface area (Å²) in [6, 6.07) is 3.22. The van der Waals surface area contributed by atoms with Crippen LogP contribution in [0, 0.1) is 23.5 Å². The predicted molar refractivity (Wildman–Crippen MR) is 66.3 cm³/mol. The first-order valence-electron chi connectivity index (χ1n) is 6.20. The Morgan fingerprint density at radius 1 is 1.28 bits per heavy atom. The van der Waals surface area contributed by atoms with Crippen LogP contribution in [0.3, 0.4) is 0 Å². The molecule has 1 saturated heterocycles. The van der Waals surface area contributed by atoms with E-state index in [-0.39, 0.29) is 18.1 Å². The molecule has 100 valence electrons. The van der Waals surface area contributed by atoms with Crippen molar-refractivity contribution >= 4 is 0 Å². The molecule has 0 saturated carbocycles. The number of hydrazine groups is 1. The van der Waals surface area contributed by atoms with Crippen molar-refractivity contribution in [1.82, 2.24) is 10.9 Å². The van der Waals surface area contributed by atoms with E-state index in [1.54, 1.807) is 0 Å². The molecule has 3 atom stereocenters. The number of nitrogens with one attached hydrogen (secondary N) is 2. The van der Waals surface area contributed by atoms with Crippen LogP contribution in [-0.4, -0.2) is 6.17 Å². The molecule has 1 heterocycles. The van der Waals surface area contributed by atoms with Gasteiger partial charge >= 0.3 is 0 Å². The quantitative estimate of drug-likeness (QED) is 0.775. The molecule has 3 unspecified atom stereocenters. The fourth-order valence-corrected chi connectivity index (χ4v) is 2.50. The average molecular weight is 255 g/mol. The molecule has 0 radical (unpaired) electrons. The van der Waals surface area contributed by atoms with Gasteiger partial charge in [0.1, 0.15) is 11.6 Å². The third-order valence-electron chi connectivity index (χ3n) is 3.33. The number of halogens is 2. The first kappa shape index (κ1) is 13.4. The summed E-state index contributed by atoms with van der Waals surface area (Å²) in [4.78, 5) is 0. The second-order valence-electron chi connectivity index (χ2n) is 5.25. The third-order valence-corrected chi connectivity index (χ3v) is 3.33. The molecule has 1 aliphatic rings. The van der Waals surface area contributed by atoms with Gasteiger partial charge < -0.3 is 5.73 Å². The molecule has 18 heavy (non-hydrogen) atoms. The SMILES string of the molecule is CC(C)CC1C(N)NNC1c1cc(F)ccc1F. The van der Waals surface area contributed by atoms with E-state index in [2.05, 4.69) is 24.7 Å². The van der Waals surface area contributed by atoms with Crippen LogP contribution in [0.15, 0.2) is 18.2 Å². The molecule has 0 aromatic heterocycles. The Bertz CT molecular complexity index is 423. The standard InChI is InChI=1S/C13H19F2N3/c1-7(2)5-10-12(17-18-13(10)16)9-6-8(14)3-4-11(9)15/h3-4,6-7,10,12-13,17-18H,5,16H2,1-2H3. The normalized spacial score (nSPS) is 28.0. The van der Waals surface area contributed by atoms with E-state index in [1.807, 2.05) is 0 Å². The molecule has 0 aliphatic carbocycles. The van der Waals surface area contributed by atoms with Gasteiger partial charge in [-0.05, 0) is 30.5 Å². The van der Waals surface area contributed by atoms with Gasteiger partial charge in [-0.15, -0.1) is 0 Å². The molecule has 2 rings (SSSR count). The molecule has 3 nitrogen and oxygen atoms in total. The second kappa shape index (κ2) is 5.30. The van der Waals surface area contributed by atoms with Crippen molar-refractivity contribution in [3.05, 3.63) is 35.4 Å². The highest BCUT2D eigenvalue weighted by Crippen LogP contribution is 2.33. The summed E-state index contributed by atoms with van der Waals surface area (Å²) in [5.74, 6) is -0.348. The first-order valence-corrected chi connectivity index (χ1v) is 6.20. The molecule has 0 amide bonds. The van der Waals surface area contributed by atoms with Gasteiger partial charge in [0.2, 0.25) is 0 Å². The Kier molecular flexibility index (Phi) is 3.94. The summed E-state index contributed by atoms with van der Waals surface area (Å²) in [6.07, 6.45) is 0.599. The van der Waals surface area contributed by atoms with Crippen molar-refractivity contribution in [3.63, 3.8) is 0 Å². The largest absolute Gasteiger partial charge is 0.315 e. The topological polar surface area (TPSA) is 50.1 Å². The van der Waals surface area contributed by atoms with Crippen LogP contribution in [0.5, 0.6) is 0 Å². The summed E-state index contributed by atoms with van der Waals surface area (Å²) in [5, 5.41) is 0. The van der Waals surface area contributed by atoms with Gasteiger partial charge in [0, 0.05) is 11.5 Å². The van der Waals surface area contributed by atoms with Gasteiger partial charge in [-0.3, -0.25) is 0 Å². The minimum absolute atomic E-state index is 0.0429. The molecule has 0 spiro atoms. The molecule has 1 aromatic rings. The summed E-state index contributed by atoms with van der Waals surface area (Å²) in [7, 11) is 0. The van der Waals surface area contributed by atoms with Crippen molar-refractivity contribution in [2.75, 3.05) is 0 Å². The molecule has 1 fully saturated rings. The summed E-state index contributed by atoms with van der Waals surface area (Å²) >= 11 is 0. The Balaban J connectivity index is 2.28. The van der Waals surface area contributed by atoms with E-state index in [9.17, 15) is 8.78 Å². The van der Waals surface area contributed by atoms with Crippen LogP contribution < -0.4 is 16.6 Å². The second-order valence-corrected chi connectivity index (χ2v) is 5.25. The monoisotopic (exact) mass is 255 g/mol. The molecular weight excluding hydrogens is 236 g/mol. The lowest BCUT2D eigenvalue weighted by molar-refractivity contribution is 0.338. The van der Waals surface area contributed by atoms with E-state index >= 15 is 0 Å². The fraction of sp³-hybridized carbons (Fsp3) is 0.538. The van der Waals surface area contributed by atoms with Crippen LogP contribution in [0.1, 0.15) is 31.9 Å². The number of nitrogens with two attached hydrogens (primary N) is 1. The molecular formula is C13H19F2N3. The zero-order valence-electron chi connectivity index (χ0n) is 10.6. The number of hydrogen-bond acceptors (Lipinski definition) is 3. The van der Waals surface area contributed by atoms with E-state index in [0.717, 1.165) is 18.6 Å². The van der Waals surface area contributed by atoms with Crippen LogP contribution in [0.2, 0.25) is 0 Å². The zero-order chi connectivity index (χ0) is 13.3.